The number of carbonyl (C=O) groups is 3. The van der Waals surface area contributed by atoms with E-state index in [4.69, 9.17) is 4.74 Å². The molecule has 0 aromatic heterocycles. The summed E-state index contributed by atoms with van der Waals surface area (Å²) in [6.45, 7) is 4.01. The van der Waals surface area contributed by atoms with Gasteiger partial charge < -0.3 is 10.1 Å². The second-order valence-corrected chi connectivity index (χ2v) is 6.95. The van der Waals surface area contributed by atoms with Crippen LogP contribution >= 0.6 is 0 Å². The quantitative estimate of drug-likeness (QED) is 0.733. The predicted molar refractivity (Wildman–Crippen MR) is 80.9 cm³/mol. The number of nitrogens with one attached hydrogen (secondary N) is 2. The Hall–Kier alpha value is -1.59. The molecule has 2 aliphatic rings. The molecule has 2 aliphatic carbocycles. The van der Waals surface area contributed by atoms with Gasteiger partial charge in [0.15, 0.2) is 6.61 Å². The van der Waals surface area contributed by atoms with Crippen LogP contribution in [-0.2, 0) is 14.3 Å². The van der Waals surface area contributed by atoms with Gasteiger partial charge in [-0.15, -0.1) is 0 Å². The van der Waals surface area contributed by atoms with Crippen molar-refractivity contribution in [2.24, 2.45) is 23.7 Å². The molecule has 0 unspecified atom stereocenters. The zero-order valence-electron chi connectivity index (χ0n) is 13.4. The first-order valence-electron chi connectivity index (χ1n) is 8.17. The Balaban J connectivity index is 1.59. The van der Waals surface area contributed by atoms with Crippen molar-refractivity contribution in [3.63, 3.8) is 0 Å². The summed E-state index contributed by atoms with van der Waals surface area (Å²) in [5.74, 6) is 1.24. The molecule has 2 bridgehead atoms. The lowest BCUT2D eigenvalue weighted by Gasteiger charge is -2.20. The van der Waals surface area contributed by atoms with Crippen LogP contribution in [0.4, 0.5) is 4.79 Å². The highest BCUT2D eigenvalue weighted by Crippen LogP contribution is 2.49. The van der Waals surface area contributed by atoms with Crippen LogP contribution in [0.25, 0.3) is 0 Å². The first-order valence-corrected chi connectivity index (χ1v) is 8.17. The molecule has 0 aliphatic heterocycles. The SMILES string of the molecule is CC(C)CNC(=O)NC(=O)COC(=O)C[C@H]1C[C@H]2CC[C@H]1C2. The molecule has 0 aromatic rings. The topological polar surface area (TPSA) is 84.5 Å². The molecule has 2 saturated carbocycles. The molecule has 3 amide bonds. The molecule has 124 valence electrons. The Labute approximate surface area is 131 Å². The van der Waals surface area contributed by atoms with E-state index >= 15 is 0 Å². The highest BCUT2D eigenvalue weighted by molar-refractivity contribution is 5.95. The van der Waals surface area contributed by atoms with Crippen LogP contribution in [-0.4, -0.2) is 31.1 Å². The number of carbonyl (C=O) groups excluding carboxylic acids is 3. The number of imide groups is 1. The molecule has 0 heterocycles. The lowest BCUT2D eigenvalue weighted by atomic mass is 9.86. The van der Waals surface area contributed by atoms with Crippen molar-refractivity contribution in [1.29, 1.82) is 0 Å². The van der Waals surface area contributed by atoms with E-state index in [-0.39, 0.29) is 5.97 Å². The number of urea groups is 1. The van der Waals surface area contributed by atoms with E-state index in [1.54, 1.807) is 0 Å². The minimum atomic E-state index is -0.595. The van der Waals surface area contributed by atoms with E-state index in [2.05, 4.69) is 10.6 Å². The molecular formula is C16H26N2O4. The van der Waals surface area contributed by atoms with Gasteiger partial charge in [0, 0.05) is 13.0 Å². The summed E-state index contributed by atoms with van der Waals surface area (Å²) in [6.07, 6.45) is 5.27. The fraction of sp³-hybridized carbons (Fsp3) is 0.812. The number of hydrogen-bond acceptors (Lipinski definition) is 4. The van der Waals surface area contributed by atoms with Gasteiger partial charge in [-0.2, -0.15) is 0 Å². The van der Waals surface area contributed by atoms with E-state index in [9.17, 15) is 14.4 Å². The molecule has 6 nitrogen and oxygen atoms in total. The van der Waals surface area contributed by atoms with E-state index in [0.717, 1.165) is 12.3 Å². The van der Waals surface area contributed by atoms with Gasteiger partial charge in [-0.05, 0) is 42.9 Å². The number of esters is 1. The summed E-state index contributed by atoms with van der Waals surface area (Å²) in [5, 5.41) is 4.71. The predicted octanol–water partition coefficient (Wildman–Crippen LogP) is 1.84. The van der Waals surface area contributed by atoms with Crippen LogP contribution < -0.4 is 10.6 Å². The van der Waals surface area contributed by atoms with Gasteiger partial charge >= 0.3 is 12.0 Å². The Morgan fingerprint density at radius 2 is 1.95 bits per heavy atom. The fourth-order valence-electron chi connectivity index (χ4n) is 3.55. The fourth-order valence-corrected chi connectivity index (χ4v) is 3.55. The molecule has 2 fully saturated rings. The Morgan fingerprint density at radius 1 is 1.18 bits per heavy atom. The number of rotatable bonds is 6. The normalized spacial score (nSPS) is 26.0. The van der Waals surface area contributed by atoms with Crippen molar-refractivity contribution in [2.45, 2.75) is 46.0 Å². The summed E-state index contributed by atoms with van der Waals surface area (Å²) in [6, 6.07) is -0.553. The van der Waals surface area contributed by atoms with Crippen molar-refractivity contribution in [2.75, 3.05) is 13.2 Å². The van der Waals surface area contributed by atoms with Gasteiger partial charge in [0.05, 0.1) is 0 Å². The molecule has 6 heteroatoms. The maximum Gasteiger partial charge on any atom is 0.321 e. The molecule has 0 radical (unpaired) electrons. The molecular weight excluding hydrogens is 284 g/mol. The lowest BCUT2D eigenvalue weighted by molar-refractivity contribution is -0.149. The number of fused-ring (bicyclic) bond motifs is 2. The van der Waals surface area contributed by atoms with Gasteiger partial charge in [0.25, 0.3) is 5.91 Å². The van der Waals surface area contributed by atoms with Crippen LogP contribution in [0.2, 0.25) is 0 Å². The summed E-state index contributed by atoms with van der Waals surface area (Å²) >= 11 is 0. The third kappa shape index (κ3) is 5.00. The number of ether oxygens (including phenoxy) is 1. The van der Waals surface area contributed by atoms with Crippen molar-refractivity contribution in [3.05, 3.63) is 0 Å². The van der Waals surface area contributed by atoms with Crippen molar-refractivity contribution in [3.8, 4) is 0 Å². The van der Waals surface area contributed by atoms with Gasteiger partial charge in [0.1, 0.15) is 0 Å². The zero-order chi connectivity index (χ0) is 16.1. The molecule has 2 rings (SSSR count). The molecule has 22 heavy (non-hydrogen) atoms. The third-order valence-electron chi connectivity index (χ3n) is 4.60. The first-order chi connectivity index (χ1) is 10.4. The maximum absolute atomic E-state index is 11.8. The average Bonchev–Trinajstić information content (AvgIpc) is 3.05. The molecule has 0 saturated heterocycles. The first kappa shape index (κ1) is 16.8. The third-order valence-corrected chi connectivity index (χ3v) is 4.60. The second kappa shape index (κ2) is 7.61. The van der Waals surface area contributed by atoms with E-state index in [1.807, 2.05) is 13.8 Å². The van der Waals surface area contributed by atoms with Crippen molar-refractivity contribution in [1.82, 2.24) is 10.6 Å². The highest BCUT2D eigenvalue weighted by Gasteiger charge is 2.40. The molecule has 0 spiro atoms. The van der Waals surface area contributed by atoms with Crippen LogP contribution in [0.3, 0.4) is 0 Å². The summed E-state index contributed by atoms with van der Waals surface area (Å²) in [5.41, 5.74) is 0. The maximum atomic E-state index is 11.8. The Kier molecular flexibility index (Phi) is 5.80. The van der Waals surface area contributed by atoms with Crippen LogP contribution in [0.1, 0.15) is 46.0 Å². The smallest absolute Gasteiger partial charge is 0.321 e. The second-order valence-electron chi connectivity index (χ2n) is 6.95. The van der Waals surface area contributed by atoms with E-state index in [1.165, 1.54) is 19.3 Å². The number of hydrogen-bond donors (Lipinski definition) is 2. The average molecular weight is 310 g/mol. The Morgan fingerprint density at radius 3 is 2.55 bits per heavy atom. The monoisotopic (exact) mass is 310 g/mol. The summed E-state index contributed by atoms with van der Waals surface area (Å²) < 4.78 is 4.97. The Bertz CT molecular complexity index is 436. The highest BCUT2D eigenvalue weighted by atomic mass is 16.5. The van der Waals surface area contributed by atoms with E-state index in [0.29, 0.717) is 30.7 Å². The summed E-state index contributed by atoms with van der Waals surface area (Å²) in [4.78, 5) is 34.7. The zero-order valence-corrected chi connectivity index (χ0v) is 13.4. The van der Waals surface area contributed by atoms with Crippen LogP contribution in [0.15, 0.2) is 0 Å². The van der Waals surface area contributed by atoms with E-state index < -0.39 is 18.5 Å². The largest absolute Gasteiger partial charge is 0.456 e. The molecule has 0 aromatic carbocycles. The minimum Gasteiger partial charge on any atom is -0.456 e. The summed E-state index contributed by atoms with van der Waals surface area (Å²) in [7, 11) is 0. The van der Waals surface area contributed by atoms with Gasteiger partial charge in [-0.1, -0.05) is 20.3 Å². The van der Waals surface area contributed by atoms with Gasteiger partial charge in [0.2, 0.25) is 0 Å². The van der Waals surface area contributed by atoms with Crippen LogP contribution in [0, 0.1) is 23.7 Å². The standard InChI is InChI=1S/C16H26N2O4/c1-10(2)8-17-16(21)18-14(19)9-22-15(20)7-13-6-11-3-4-12(13)5-11/h10-13H,3-9H2,1-2H3,(H2,17,18,19,21)/t11-,12-,13+/m0/s1. The number of amides is 3. The van der Waals surface area contributed by atoms with Gasteiger partial charge in [-0.25, -0.2) is 4.79 Å². The van der Waals surface area contributed by atoms with Crippen LogP contribution in [0.5, 0.6) is 0 Å². The molecule has 3 atom stereocenters. The van der Waals surface area contributed by atoms with Crippen molar-refractivity contribution >= 4 is 17.9 Å². The minimum absolute atomic E-state index is 0.306. The van der Waals surface area contributed by atoms with Gasteiger partial charge in [-0.3, -0.25) is 14.9 Å². The molecule has 2 N–H and O–H groups in total. The lowest BCUT2D eigenvalue weighted by Crippen LogP contribution is -2.42. The van der Waals surface area contributed by atoms with Crippen molar-refractivity contribution < 1.29 is 19.1 Å².